The molecule has 7 N–H and O–H groups in total. The second kappa shape index (κ2) is 43.5. The number of esters is 2. The number of hydrogen-bond acceptors (Lipinski definition) is 15. The van der Waals surface area contributed by atoms with Crippen LogP contribution < -0.4 is 0 Å². The molecule has 15 nitrogen and oxygen atoms in total. The number of allylic oxidation sites excluding steroid dienone is 2. The van der Waals surface area contributed by atoms with Crippen molar-refractivity contribution in [1.82, 2.24) is 0 Å². The molecule has 4 unspecified atom stereocenters. The Hall–Kier alpha value is -1.76. The van der Waals surface area contributed by atoms with Crippen LogP contribution in [0.2, 0.25) is 0 Å². The van der Waals surface area contributed by atoms with Gasteiger partial charge in [0, 0.05) is 12.8 Å². The van der Waals surface area contributed by atoms with Gasteiger partial charge in [0.05, 0.1) is 19.8 Å². The highest BCUT2D eigenvalue weighted by atomic mass is 16.7. The molecule has 15 heteroatoms. The van der Waals surface area contributed by atoms with Crippen LogP contribution >= 0.6 is 0 Å². The van der Waals surface area contributed by atoms with Gasteiger partial charge in [-0.2, -0.15) is 0 Å². The Morgan fingerprint density at radius 3 is 1.30 bits per heavy atom. The first-order valence-electron chi connectivity index (χ1n) is 28.8. The maximum Gasteiger partial charge on any atom is 0.306 e. The molecule has 418 valence electrons. The van der Waals surface area contributed by atoms with E-state index in [9.17, 15) is 45.3 Å². The van der Waals surface area contributed by atoms with E-state index >= 15 is 0 Å². The monoisotopic (exact) mass is 1020 g/mol. The Morgan fingerprint density at radius 2 is 0.831 bits per heavy atom. The lowest BCUT2D eigenvalue weighted by Gasteiger charge is -2.42. The zero-order chi connectivity index (χ0) is 51.7. The summed E-state index contributed by atoms with van der Waals surface area (Å²) in [4.78, 5) is 25.8. The van der Waals surface area contributed by atoms with Crippen LogP contribution in [0.4, 0.5) is 0 Å². The van der Waals surface area contributed by atoms with Crippen molar-refractivity contribution in [2.24, 2.45) is 0 Å². The molecule has 2 saturated heterocycles. The first kappa shape index (κ1) is 65.4. The molecule has 0 spiro atoms. The van der Waals surface area contributed by atoms with E-state index < -0.39 is 99.3 Å². The van der Waals surface area contributed by atoms with Crippen LogP contribution in [-0.2, 0) is 38.0 Å². The van der Waals surface area contributed by atoms with Crippen molar-refractivity contribution in [3.63, 3.8) is 0 Å². The first-order chi connectivity index (χ1) is 34.5. The molecule has 71 heavy (non-hydrogen) atoms. The molecule has 2 heterocycles. The third-order valence-electron chi connectivity index (χ3n) is 14.0. The minimum atomic E-state index is -1.77. The Labute approximate surface area is 429 Å². The predicted molar refractivity (Wildman–Crippen MR) is 275 cm³/mol. The highest BCUT2D eigenvalue weighted by Crippen LogP contribution is 2.27. The topological polar surface area (TPSA) is 231 Å². The zero-order valence-electron chi connectivity index (χ0n) is 44.5. The van der Waals surface area contributed by atoms with Gasteiger partial charge in [0.1, 0.15) is 55.4 Å². The van der Waals surface area contributed by atoms with Crippen molar-refractivity contribution in [1.29, 1.82) is 0 Å². The van der Waals surface area contributed by atoms with Crippen molar-refractivity contribution in [2.75, 3.05) is 26.4 Å². The fourth-order valence-corrected chi connectivity index (χ4v) is 9.30. The quantitative estimate of drug-likeness (QED) is 0.0171. The second-order valence-corrected chi connectivity index (χ2v) is 20.5. The number of hydrogen-bond donors (Lipinski definition) is 7. The van der Waals surface area contributed by atoms with Crippen molar-refractivity contribution in [3.05, 3.63) is 12.2 Å². The van der Waals surface area contributed by atoms with Crippen molar-refractivity contribution >= 4 is 11.9 Å². The maximum absolute atomic E-state index is 13.0. The Kier molecular flexibility index (Phi) is 40.0. The molecular weight excluding hydrogens is 913 g/mol. The van der Waals surface area contributed by atoms with Gasteiger partial charge in [0.2, 0.25) is 0 Å². The van der Waals surface area contributed by atoms with E-state index in [0.717, 1.165) is 32.1 Å². The molecule has 2 aliphatic rings. The first-order valence-corrected chi connectivity index (χ1v) is 28.8. The summed E-state index contributed by atoms with van der Waals surface area (Å²) in [6.45, 7) is 2.60. The molecule has 0 aromatic rings. The molecule has 2 fully saturated rings. The van der Waals surface area contributed by atoms with Gasteiger partial charge in [-0.15, -0.1) is 0 Å². The smallest absolute Gasteiger partial charge is 0.306 e. The third-order valence-corrected chi connectivity index (χ3v) is 14.0. The summed E-state index contributed by atoms with van der Waals surface area (Å²) in [7, 11) is 0. The van der Waals surface area contributed by atoms with Crippen LogP contribution in [0.5, 0.6) is 0 Å². The summed E-state index contributed by atoms with van der Waals surface area (Å²) in [5, 5.41) is 72.2. The average Bonchev–Trinajstić information content (AvgIpc) is 3.36. The molecule has 0 saturated carbocycles. The van der Waals surface area contributed by atoms with Gasteiger partial charge < -0.3 is 64.2 Å². The Balaban J connectivity index is 1.75. The van der Waals surface area contributed by atoms with Crippen molar-refractivity contribution in [3.8, 4) is 0 Å². The molecule has 0 amide bonds. The number of ether oxygens (including phenoxy) is 6. The Morgan fingerprint density at radius 1 is 0.437 bits per heavy atom. The number of carbonyl (C=O) groups excluding carboxylic acids is 2. The van der Waals surface area contributed by atoms with Crippen LogP contribution in [0.3, 0.4) is 0 Å². The van der Waals surface area contributed by atoms with Gasteiger partial charge in [0.25, 0.3) is 0 Å². The van der Waals surface area contributed by atoms with Crippen molar-refractivity contribution < 1.29 is 73.8 Å². The number of carbonyl (C=O) groups is 2. The fraction of sp³-hybridized carbons (Fsp3) is 0.929. The molecule has 0 aliphatic carbocycles. The predicted octanol–water partition coefficient (Wildman–Crippen LogP) is 9.33. The van der Waals surface area contributed by atoms with Gasteiger partial charge in [0.15, 0.2) is 18.7 Å². The van der Waals surface area contributed by atoms with Crippen LogP contribution in [0, 0.1) is 0 Å². The molecule has 0 radical (unpaired) electrons. The lowest BCUT2D eigenvalue weighted by atomic mass is 9.98. The molecule has 0 aromatic heterocycles. The second-order valence-electron chi connectivity index (χ2n) is 20.5. The molecule has 11 atom stereocenters. The van der Waals surface area contributed by atoms with Gasteiger partial charge in [-0.3, -0.25) is 9.59 Å². The minimum absolute atomic E-state index is 0.0867. The van der Waals surface area contributed by atoms with Crippen LogP contribution in [-0.4, -0.2) is 142 Å². The van der Waals surface area contributed by atoms with Gasteiger partial charge >= 0.3 is 11.9 Å². The largest absolute Gasteiger partial charge is 0.462 e. The van der Waals surface area contributed by atoms with E-state index in [1.54, 1.807) is 0 Å². The summed E-state index contributed by atoms with van der Waals surface area (Å²) in [5.74, 6) is -0.967. The SMILES string of the molecule is CCCCCCCCCCCCC/C=C/CCC(=O)O[C@@H](COC(=O)CCCCCCCCCCCCCCCCCCCCCC)CO[C@@H]1O[C@H](CO[C@@H]2O[C@H](CO)[C@H](O)C(O)C2O)[C@H](O)C(O)C1O. The minimum Gasteiger partial charge on any atom is -0.462 e. The number of rotatable bonds is 46. The van der Waals surface area contributed by atoms with E-state index in [2.05, 4.69) is 19.9 Å². The molecule has 0 aromatic carbocycles. The van der Waals surface area contributed by atoms with E-state index in [1.807, 2.05) is 6.08 Å². The molecule has 2 aliphatic heterocycles. The normalized spacial score (nSPS) is 25.2. The highest BCUT2D eigenvalue weighted by Gasteiger charge is 2.47. The molecule has 2 rings (SSSR count). The van der Waals surface area contributed by atoms with Gasteiger partial charge in [-0.05, 0) is 25.7 Å². The van der Waals surface area contributed by atoms with Gasteiger partial charge in [-0.25, -0.2) is 0 Å². The summed E-state index contributed by atoms with van der Waals surface area (Å²) < 4.78 is 33.6. The van der Waals surface area contributed by atoms with Crippen LogP contribution in [0.25, 0.3) is 0 Å². The van der Waals surface area contributed by atoms with Crippen LogP contribution in [0.1, 0.15) is 239 Å². The summed E-state index contributed by atoms with van der Waals surface area (Å²) in [5.41, 5.74) is 0. The number of unbranched alkanes of at least 4 members (excludes halogenated alkanes) is 30. The standard InChI is InChI=1S/C56H104O15/c1-3-5-7-9-11-13-15-17-19-20-21-22-23-25-26-28-30-32-34-36-38-47(58)66-41-44(69-48(59)39-37-35-33-31-29-27-24-18-16-14-12-10-8-6-4-2)42-67-55-54(65)52(63)50(61)46(71-55)43-68-56-53(64)51(62)49(60)45(40-57)70-56/h33,35,44-46,49-57,60-65H,3-32,34,36-43H2,1-2H3/b35-33+/t44-,45+,46+,49-,50-,51?,52?,53?,54?,55+,56+/m0/s1. The Bertz CT molecular complexity index is 1290. The lowest BCUT2D eigenvalue weighted by molar-refractivity contribution is -0.332. The van der Waals surface area contributed by atoms with Gasteiger partial charge in [-0.1, -0.05) is 212 Å². The summed E-state index contributed by atoms with van der Waals surface area (Å²) >= 11 is 0. The molecular formula is C56H104O15. The van der Waals surface area contributed by atoms with Crippen molar-refractivity contribution in [2.45, 2.75) is 306 Å². The van der Waals surface area contributed by atoms with E-state index in [0.29, 0.717) is 12.8 Å². The number of aliphatic hydroxyl groups excluding tert-OH is 7. The number of aliphatic hydroxyl groups is 7. The fourth-order valence-electron chi connectivity index (χ4n) is 9.30. The lowest BCUT2D eigenvalue weighted by Crippen LogP contribution is -2.61. The van der Waals surface area contributed by atoms with E-state index in [-0.39, 0.29) is 19.4 Å². The summed E-state index contributed by atoms with van der Waals surface area (Å²) in [6.07, 6.45) is 28.2. The van der Waals surface area contributed by atoms with E-state index in [1.165, 1.54) is 167 Å². The van der Waals surface area contributed by atoms with Crippen LogP contribution in [0.15, 0.2) is 12.2 Å². The molecule has 0 bridgehead atoms. The summed E-state index contributed by atoms with van der Waals surface area (Å²) in [6, 6.07) is 0. The highest BCUT2D eigenvalue weighted by molar-refractivity contribution is 5.70. The zero-order valence-corrected chi connectivity index (χ0v) is 44.5. The van der Waals surface area contributed by atoms with E-state index in [4.69, 9.17) is 28.4 Å². The third kappa shape index (κ3) is 31.0. The average molecular weight is 1020 g/mol. The maximum atomic E-state index is 13.0.